The van der Waals surface area contributed by atoms with Gasteiger partial charge in [0.25, 0.3) is 0 Å². The van der Waals surface area contributed by atoms with Gasteiger partial charge in [0.1, 0.15) is 5.82 Å². The Morgan fingerprint density at radius 3 is 2.56 bits per heavy atom. The predicted molar refractivity (Wildman–Crippen MR) is 95.8 cm³/mol. The maximum absolute atomic E-state index is 14.1. The third-order valence-electron chi connectivity index (χ3n) is 6.03. The molecule has 1 aliphatic heterocycles. The summed E-state index contributed by atoms with van der Waals surface area (Å²) in [5, 5.41) is 0. The van der Waals surface area contributed by atoms with Crippen LogP contribution >= 0.6 is 0 Å². The Hall–Kier alpha value is -1.46. The molecule has 0 bridgehead atoms. The van der Waals surface area contributed by atoms with Crippen molar-refractivity contribution in [1.82, 2.24) is 9.80 Å². The van der Waals surface area contributed by atoms with Gasteiger partial charge in [0.15, 0.2) is 0 Å². The summed E-state index contributed by atoms with van der Waals surface area (Å²) in [6, 6.07) is 6.45. The van der Waals surface area contributed by atoms with E-state index in [0.717, 1.165) is 39.1 Å². The zero-order chi connectivity index (χ0) is 17.9. The number of rotatable bonds is 5. The van der Waals surface area contributed by atoms with E-state index in [1.54, 1.807) is 24.1 Å². The molecule has 2 fully saturated rings. The number of carbonyl (C=O) groups excluding carboxylic acids is 1. The molecule has 0 radical (unpaired) electrons. The van der Waals surface area contributed by atoms with E-state index >= 15 is 0 Å². The third-order valence-corrected chi connectivity index (χ3v) is 6.03. The summed E-state index contributed by atoms with van der Waals surface area (Å²) in [7, 11) is 1.79. The molecule has 1 aromatic carbocycles. The molecule has 1 aliphatic carbocycles. The van der Waals surface area contributed by atoms with Crippen molar-refractivity contribution in [3.8, 4) is 0 Å². The van der Waals surface area contributed by atoms with E-state index in [1.807, 2.05) is 13.0 Å². The normalized spacial score (nSPS) is 21.9. The molecule has 0 N–H and O–H groups in total. The van der Waals surface area contributed by atoms with Gasteiger partial charge in [-0.1, -0.05) is 31.0 Å². The quantitative estimate of drug-likeness (QED) is 0.818. The van der Waals surface area contributed by atoms with Crippen molar-refractivity contribution in [2.75, 3.05) is 33.4 Å². The molecule has 1 saturated heterocycles. The molecular weight excluding hydrogens is 319 g/mol. The lowest BCUT2D eigenvalue weighted by atomic mass is 9.89. The minimum absolute atomic E-state index is 0.0376. The van der Waals surface area contributed by atoms with Gasteiger partial charge in [-0.25, -0.2) is 4.39 Å². The van der Waals surface area contributed by atoms with Crippen LogP contribution in [0.15, 0.2) is 24.3 Å². The highest BCUT2D eigenvalue weighted by Gasteiger charge is 2.42. The smallest absolute Gasteiger partial charge is 0.224 e. The van der Waals surface area contributed by atoms with Gasteiger partial charge in [0.2, 0.25) is 5.91 Å². The van der Waals surface area contributed by atoms with Crippen LogP contribution in [0.25, 0.3) is 0 Å². The first-order valence-corrected chi connectivity index (χ1v) is 9.36. The summed E-state index contributed by atoms with van der Waals surface area (Å²) in [6.07, 6.45) is 5.01. The van der Waals surface area contributed by atoms with E-state index in [0.29, 0.717) is 12.0 Å². The lowest BCUT2D eigenvalue weighted by molar-refractivity contribution is -0.136. The van der Waals surface area contributed by atoms with Gasteiger partial charge in [-0.2, -0.15) is 0 Å². The van der Waals surface area contributed by atoms with Crippen LogP contribution in [0, 0.1) is 5.82 Å². The summed E-state index contributed by atoms with van der Waals surface area (Å²) < 4.78 is 19.6. The first-order chi connectivity index (χ1) is 12.0. The van der Waals surface area contributed by atoms with Gasteiger partial charge in [-0.15, -0.1) is 0 Å². The van der Waals surface area contributed by atoms with Crippen molar-refractivity contribution in [2.24, 2.45) is 0 Å². The van der Waals surface area contributed by atoms with E-state index in [1.165, 1.54) is 18.9 Å². The summed E-state index contributed by atoms with van der Waals surface area (Å²) >= 11 is 0. The van der Waals surface area contributed by atoms with Crippen LogP contribution in [-0.2, 0) is 9.53 Å². The second-order valence-corrected chi connectivity index (χ2v) is 7.41. The number of carbonyl (C=O) groups is 1. The zero-order valence-electron chi connectivity index (χ0n) is 15.3. The Bertz CT molecular complexity index is 595. The third kappa shape index (κ3) is 3.87. The Labute approximate surface area is 149 Å². The van der Waals surface area contributed by atoms with Crippen molar-refractivity contribution in [3.05, 3.63) is 35.6 Å². The van der Waals surface area contributed by atoms with E-state index in [2.05, 4.69) is 4.90 Å². The molecule has 1 amide bonds. The van der Waals surface area contributed by atoms with Gasteiger partial charge in [-0.3, -0.25) is 9.69 Å². The number of amides is 1. The highest BCUT2D eigenvalue weighted by Crippen LogP contribution is 2.39. The standard InChI is InChI=1S/C20H29FN2O2/c1-16(17-7-3-4-8-18(17)21)22(2)19(24)15-20(9-5-6-10-20)23-11-13-25-14-12-23/h3-4,7-8,16H,5-6,9-15H2,1-2H3. The van der Waals surface area contributed by atoms with Crippen molar-refractivity contribution < 1.29 is 13.9 Å². The van der Waals surface area contributed by atoms with Crippen LogP contribution in [0.2, 0.25) is 0 Å². The van der Waals surface area contributed by atoms with Crippen LogP contribution in [0.5, 0.6) is 0 Å². The van der Waals surface area contributed by atoms with Gasteiger partial charge in [0.05, 0.1) is 19.3 Å². The van der Waals surface area contributed by atoms with E-state index < -0.39 is 0 Å². The fourth-order valence-corrected chi connectivity index (χ4v) is 4.32. The molecule has 1 heterocycles. The molecule has 25 heavy (non-hydrogen) atoms. The van der Waals surface area contributed by atoms with Gasteiger partial charge in [0, 0.05) is 37.7 Å². The summed E-state index contributed by atoms with van der Waals surface area (Å²) in [5.74, 6) is -0.150. The molecule has 0 spiro atoms. The lowest BCUT2D eigenvalue weighted by Crippen LogP contribution is -2.54. The Morgan fingerprint density at radius 2 is 1.92 bits per heavy atom. The second kappa shape index (κ2) is 7.83. The van der Waals surface area contributed by atoms with Gasteiger partial charge >= 0.3 is 0 Å². The Kier molecular flexibility index (Phi) is 5.74. The number of benzene rings is 1. The second-order valence-electron chi connectivity index (χ2n) is 7.41. The summed E-state index contributed by atoms with van der Waals surface area (Å²) in [5.41, 5.74) is 0.537. The van der Waals surface area contributed by atoms with Crippen LogP contribution < -0.4 is 0 Å². The van der Waals surface area contributed by atoms with Gasteiger partial charge in [-0.05, 0) is 25.8 Å². The maximum Gasteiger partial charge on any atom is 0.224 e. The highest BCUT2D eigenvalue weighted by atomic mass is 19.1. The number of ether oxygens (including phenoxy) is 1. The van der Waals surface area contributed by atoms with Crippen molar-refractivity contribution in [3.63, 3.8) is 0 Å². The first-order valence-electron chi connectivity index (χ1n) is 9.36. The first kappa shape index (κ1) is 18.3. The van der Waals surface area contributed by atoms with Crippen LogP contribution in [-0.4, -0.2) is 54.6 Å². The largest absolute Gasteiger partial charge is 0.379 e. The van der Waals surface area contributed by atoms with Crippen molar-refractivity contribution >= 4 is 5.91 Å². The van der Waals surface area contributed by atoms with E-state index in [9.17, 15) is 9.18 Å². The molecule has 1 aromatic rings. The molecule has 4 nitrogen and oxygen atoms in total. The van der Waals surface area contributed by atoms with Crippen molar-refractivity contribution in [1.29, 1.82) is 0 Å². The fraction of sp³-hybridized carbons (Fsp3) is 0.650. The van der Waals surface area contributed by atoms with Crippen LogP contribution in [0.4, 0.5) is 4.39 Å². The molecule has 5 heteroatoms. The zero-order valence-corrected chi connectivity index (χ0v) is 15.3. The number of nitrogens with zero attached hydrogens (tertiary/aromatic N) is 2. The van der Waals surface area contributed by atoms with E-state index in [4.69, 9.17) is 4.74 Å². The average molecular weight is 348 g/mol. The SMILES string of the molecule is CC(c1ccccc1F)N(C)C(=O)CC1(N2CCOCC2)CCCC1. The molecule has 0 aromatic heterocycles. The predicted octanol–water partition coefficient (Wildman–Crippen LogP) is 3.38. The fourth-order valence-electron chi connectivity index (χ4n) is 4.32. The topological polar surface area (TPSA) is 32.8 Å². The lowest BCUT2D eigenvalue weighted by Gasteiger charge is -2.44. The molecule has 2 aliphatic rings. The molecule has 3 rings (SSSR count). The number of hydrogen-bond donors (Lipinski definition) is 0. The van der Waals surface area contributed by atoms with Crippen molar-refractivity contribution in [2.45, 2.75) is 50.6 Å². The summed E-state index contributed by atoms with van der Waals surface area (Å²) in [4.78, 5) is 17.2. The van der Waals surface area contributed by atoms with Crippen LogP contribution in [0.3, 0.4) is 0 Å². The monoisotopic (exact) mass is 348 g/mol. The Balaban J connectivity index is 1.71. The molecule has 1 unspecified atom stereocenters. The average Bonchev–Trinajstić information content (AvgIpc) is 3.11. The minimum Gasteiger partial charge on any atom is -0.379 e. The number of morpholine rings is 1. The van der Waals surface area contributed by atoms with Gasteiger partial charge < -0.3 is 9.64 Å². The van der Waals surface area contributed by atoms with E-state index in [-0.39, 0.29) is 23.3 Å². The minimum atomic E-state index is -0.267. The number of hydrogen-bond acceptors (Lipinski definition) is 3. The highest BCUT2D eigenvalue weighted by molar-refractivity contribution is 5.77. The summed E-state index contributed by atoms with van der Waals surface area (Å²) in [6.45, 7) is 5.20. The molecule has 1 saturated carbocycles. The maximum atomic E-state index is 14.1. The Morgan fingerprint density at radius 1 is 1.28 bits per heavy atom. The molecule has 138 valence electrons. The number of halogens is 1. The molecular formula is C20H29FN2O2. The molecule has 1 atom stereocenters. The van der Waals surface area contributed by atoms with Crippen LogP contribution in [0.1, 0.15) is 50.6 Å².